The van der Waals surface area contributed by atoms with Crippen molar-refractivity contribution in [3.63, 3.8) is 0 Å². The van der Waals surface area contributed by atoms with Crippen molar-refractivity contribution in [2.45, 2.75) is 89.3 Å². The summed E-state index contributed by atoms with van der Waals surface area (Å²) in [5.74, 6) is 0.819. The van der Waals surface area contributed by atoms with Crippen LogP contribution >= 0.6 is 0 Å². The van der Waals surface area contributed by atoms with Crippen molar-refractivity contribution in [2.24, 2.45) is 5.92 Å². The molecule has 1 aliphatic carbocycles. The zero-order valence-corrected chi connectivity index (χ0v) is 35.1. The number of amides is 2. The lowest BCUT2D eigenvalue weighted by Crippen LogP contribution is -2.42. The molecular weight excluding hydrogens is 729 g/mol. The van der Waals surface area contributed by atoms with E-state index in [4.69, 9.17) is 0 Å². The lowest BCUT2D eigenvalue weighted by Gasteiger charge is -2.23. The van der Waals surface area contributed by atoms with Gasteiger partial charge in [-0.3, -0.25) is 9.59 Å². The minimum absolute atomic E-state index is 0.0779. The predicted molar refractivity (Wildman–Crippen MR) is 242 cm³/mol. The van der Waals surface area contributed by atoms with Crippen molar-refractivity contribution in [2.75, 3.05) is 40.3 Å². The fourth-order valence-corrected chi connectivity index (χ4v) is 9.58. The molecule has 0 bridgehead atoms. The van der Waals surface area contributed by atoms with Crippen LogP contribution in [0, 0.1) is 5.92 Å². The number of benzene rings is 4. The van der Waals surface area contributed by atoms with Crippen molar-refractivity contribution in [1.29, 1.82) is 0 Å². The highest BCUT2D eigenvalue weighted by Crippen LogP contribution is 2.38. The first-order valence-electron chi connectivity index (χ1n) is 22.1. The molecule has 1 saturated carbocycles. The van der Waals surface area contributed by atoms with Crippen LogP contribution in [0.4, 0.5) is 0 Å². The molecule has 8 rings (SSSR count). The number of piperidine rings is 1. The van der Waals surface area contributed by atoms with Gasteiger partial charge in [0, 0.05) is 85.2 Å². The number of carbonyl (C=O) groups is 2. The molecule has 1 unspecified atom stereocenters. The number of aryl methyl sites for hydroxylation is 1. The number of rotatable bonds is 16. The minimum Gasteiger partial charge on any atom is -0.355 e. The van der Waals surface area contributed by atoms with E-state index in [0.29, 0.717) is 31.7 Å². The Morgan fingerprint density at radius 2 is 1.47 bits per heavy atom. The number of hydrogen-bond donors (Lipinski definition) is 3. The van der Waals surface area contributed by atoms with Crippen LogP contribution in [0.5, 0.6) is 0 Å². The molecule has 6 aromatic rings. The maximum absolute atomic E-state index is 13.7. The second-order valence-electron chi connectivity index (χ2n) is 17.4. The Kier molecular flexibility index (Phi) is 13.2. The molecule has 2 amide bonds. The van der Waals surface area contributed by atoms with Crippen LogP contribution < -0.4 is 16.0 Å². The summed E-state index contributed by atoms with van der Waals surface area (Å²) in [5, 5.41) is 12.3. The van der Waals surface area contributed by atoms with Crippen molar-refractivity contribution >= 4 is 33.6 Å². The second-order valence-corrected chi connectivity index (χ2v) is 17.4. The van der Waals surface area contributed by atoms with Gasteiger partial charge in [0.2, 0.25) is 11.8 Å². The lowest BCUT2D eigenvalue weighted by atomic mass is 9.86. The Labute approximate surface area is 350 Å². The van der Waals surface area contributed by atoms with Crippen molar-refractivity contribution in [3.05, 3.63) is 132 Å². The fraction of sp³-hybridized carbons (Fsp3) is 0.412. The van der Waals surface area contributed by atoms with Gasteiger partial charge in [-0.1, -0.05) is 98.1 Å². The molecule has 59 heavy (non-hydrogen) atoms. The molecule has 308 valence electrons. The number of likely N-dealkylation sites (N-methyl/N-ethyl adjacent to an activating group) is 1. The van der Waals surface area contributed by atoms with Crippen LogP contribution in [-0.4, -0.2) is 72.2 Å². The highest BCUT2D eigenvalue weighted by molar-refractivity contribution is 5.87. The van der Waals surface area contributed by atoms with Gasteiger partial charge in [-0.25, -0.2) is 0 Å². The summed E-state index contributed by atoms with van der Waals surface area (Å²) in [6.07, 6.45) is 14.8. The summed E-state index contributed by atoms with van der Waals surface area (Å²) < 4.78 is 4.81. The Balaban J connectivity index is 1.05. The van der Waals surface area contributed by atoms with Crippen molar-refractivity contribution in [1.82, 2.24) is 30.0 Å². The van der Waals surface area contributed by atoms with Crippen LogP contribution in [0.25, 0.3) is 32.9 Å². The summed E-state index contributed by atoms with van der Waals surface area (Å²) in [5.41, 5.74) is 9.55. The summed E-state index contributed by atoms with van der Waals surface area (Å²) >= 11 is 0. The zero-order valence-electron chi connectivity index (χ0n) is 35.1. The molecule has 2 aliphatic rings. The zero-order chi connectivity index (χ0) is 40.6. The second kappa shape index (κ2) is 19.3. The summed E-state index contributed by atoms with van der Waals surface area (Å²) in [6.45, 7) is 5.12. The fourth-order valence-electron chi connectivity index (χ4n) is 9.58. The molecule has 0 spiro atoms. The van der Waals surface area contributed by atoms with E-state index in [2.05, 4.69) is 139 Å². The van der Waals surface area contributed by atoms with Gasteiger partial charge in [0.25, 0.3) is 0 Å². The maximum atomic E-state index is 13.7. The molecule has 4 aromatic carbocycles. The number of para-hydroxylation sites is 2. The number of aromatic nitrogens is 2. The van der Waals surface area contributed by atoms with E-state index in [-0.39, 0.29) is 23.8 Å². The third-order valence-electron chi connectivity index (χ3n) is 12.7. The van der Waals surface area contributed by atoms with E-state index in [1.54, 1.807) is 0 Å². The number of fused-ring (bicyclic) bond motifs is 2. The van der Waals surface area contributed by atoms with E-state index in [9.17, 15) is 9.59 Å². The standard InChI is InChI=1S/C51H62N6O2/c1-55(2)29-28-53-51(59)32-46(47-36-57(33-37-12-4-3-5-13-37)49-21-9-7-19-45(47)49)41-17-11-16-40(31-41)39-15-10-14-38(30-39)34-56-35-42(44-18-6-8-20-48(44)56)22-23-50(58)54-43-24-26-52-27-25-43/h6-11,14-21,30-31,35-37,43,46,52H,3-5,12-13,22-29,32-34H2,1-2H3,(H,53,59)(H,54,58). The average Bonchev–Trinajstić information content (AvgIpc) is 3.80. The first kappa shape index (κ1) is 40.6. The largest absolute Gasteiger partial charge is 0.355 e. The number of carbonyl (C=O) groups excluding carboxylic acids is 2. The molecule has 1 atom stereocenters. The maximum Gasteiger partial charge on any atom is 0.220 e. The Bertz CT molecular complexity index is 2340. The van der Waals surface area contributed by atoms with Gasteiger partial charge >= 0.3 is 0 Å². The van der Waals surface area contributed by atoms with Gasteiger partial charge in [-0.05, 0) is 117 Å². The monoisotopic (exact) mass is 790 g/mol. The molecule has 8 heteroatoms. The molecule has 1 aliphatic heterocycles. The van der Waals surface area contributed by atoms with Gasteiger partial charge in [0.05, 0.1) is 0 Å². The lowest BCUT2D eigenvalue weighted by molar-refractivity contribution is -0.122. The van der Waals surface area contributed by atoms with Crippen LogP contribution in [0.15, 0.2) is 109 Å². The van der Waals surface area contributed by atoms with E-state index >= 15 is 0 Å². The molecule has 2 fully saturated rings. The third kappa shape index (κ3) is 10.2. The summed E-state index contributed by atoms with van der Waals surface area (Å²) in [7, 11) is 4.07. The molecule has 1 saturated heterocycles. The predicted octanol–water partition coefficient (Wildman–Crippen LogP) is 8.89. The Hall–Kier alpha value is -5.18. The first-order chi connectivity index (χ1) is 28.9. The topological polar surface area (TPSA) is 83.3 Å². The number of nitrogens with one attached hydrogen (secondary N) is 3. The SMILES string of the molecule is CN(C)CCNC(=O)CC(c1cccc(-c2cccc(Cn3cc(CCC(=O)NC4CCNCC4)c4ccccc43)c2)c1)c1cn(CC2CCCCC2)c2ccccc12. The summed E-state index contributed by atoms with van der Waals surface area (Å²) in [4.78, 5) is 28.7. The van der Waals surface area contributed by atoms with E-state index in [1.807, 2.05) is 14.1 Å². The highest BCUT2D eigenvalue weighted by atomic mass is 16.2. The first-order valence-corrected chi connectivity index (χ1v) is 22.1. The molecule has 8 nitrogen and oxygen atoms in total. The molecule has 3 heterocycles. The van der Waals surface area contributed by atoms with E-state index < -0.39 is 0 Å². The average molecular weight is 791 g/mol. The van der Waals surface area contributed by atoms with Gasteiger partial charge in [0.1, 0.15) is 0 Å². The Morgan fingerprint density at radius 1 is 0.763 bits per heavy atom. The van der Waals surface area contributed by atoms with E-state index in [0.717, 1.165) is 62.3 Å². The van der Waals surface area contributed by atoms with Crippen molar-refractivity contribution < 1.29 is 9.59 Å². The van der Waals surface area contributed by atoms with Crippen LogP contribution in [-0.2, 0) is 29.1 Å². The van der Waals surface area contributed by atoms with Crippen LogP contribution in [0.1, 0.15) is 86.0 Å². The van der Waals surface area contributed by atoms with Gasteiger partial charge in [0.15, 0.2) is 0 Å². The molecular formula is C51H62N6O2. The molecule has 0 radical (unpaired) electrons. The summed E-state index contributed by atoms with van der Waals surface area (Å²) in [6, 6.07) is 35.3. The van der Waals surface area contributed by atoms with E-state index in [1.165, 1.54) is 70.6 Å². The molecule has 2 aromatic heterocycles. The third-order valence-corrected chi connectivity index (χ3v) is 12.7. The van der Waals surface area contributed by atoms with Crippen LogP contribution in [0.2, 0.25) is 0 Å². The minimum atomic E-state index is -0.0959. The highest BCUT2D eigenvalue weighted by Gasteiger charge is 2.25. The number of hydrogen-bond acceptors (Lipinski definition) is 4. The normalized spacial score (nSPS) is 15.8. The Morgan fingerprint density at radius 3 is 2.25 bits per heavy atom. The quantitative estimate of drug-likeness (QED) is 0.0916. The van der Waals surface area contributed by atoms with Crippen LogP contribution in [0.3, 0.4) is 0 Å². The van der Waals surface area contributed by atoms with Gasteiger partial charge in [-0.2, -0.15) is 0 Å². The van der Waals surface area contributed by atoms with Crippen molar-refractivity contribution in [3.8, 4) is 11.1 Å². The van der Waals surface area contributed by atoms with Gasteiger partial charge in [-0.15, -0.1) is 0 Å². The smallest absolute Gasteiger partial charge is 0.220 e. The van der Waals surface area contributed by atoms with Gasteiger partial charge < -0.3 is 30.0 Å². The number of nitrogens with zero attached hydrogens (tertiary/aromatic N) is 3. The molecule has 3 N–H and O–H groups in total.